The van der Waals surface area contributed by atoms with E-state index in [0.29, 0.717) is 0 Å². The van der Waals surface area contributed by atoms with E-state index in [1.807, 2.05) is 0 Å². The largest absolute Gasteiger partial charge is 0.376 e. The Balaban J connectivity index is 2.66. The first-order chi connectivity index (χ1) is 7.68. The van der Waals surface area contributed by atoms with E-state index in [0.717, 1.165) is 31.7 Å². The standard InChI is InChI=1S/C14H25NO/c1-5-11-15-13(6-2)14(16-4)9-7-12(3)8-10-14/h2,12-13,15H,5,7-11H2,1,3-4H3. The van der Waals surface area contributed by atoms with Crippen LogP contribution in [-0.2, 0) is 4.74 Å². The van der Waals surface area contributed by atoms with E-state index in [1.54, 1.807) is 7.11 Å². The van der Waals surface area contributed by atoms with Gasteiger partial charge in [0.15, 0.2) is 0 Å². The van der Waals surface area contributed by atoms with Gasteiger partial charge in [0.05, 0.1) is 11.6 Å². The predicted molar refractivity (Wildman–Crippen MR) is 68.3 cm³/mol. The Labute approximate surface area is 100 Å². The molecule has 1 aliphatic carbocycles. The van der Waals surface area contributed by atoms with Crippen LogP contribution < -0.4 is 5.32 Å². The molecule has 0 amide bonds. The van der Waals surface area contributed by atoms with Gasteiger partial charge in [-0.3, -0.25) is 0 Å². The minimum Gasteiger partial charge on any atom is -0.376 e. The summed E-state index contributed by atoms with van der Waals surface area (Å²) in [4.78, 5) is 0. The second-order valence-electron chi connectivity index (χ2n) is 5.01. The van der Waals surface area contributed by atoms with Crippen molar-refractivity contribution in [2.75, 3.05) is 13.7 Å². The molecule has 0 spiro atoms. The zero-order valence-electron chi connectivity index (χ0n) is 10.9. The molecule has 1 atom stereocenters. The zero-order valence-corrected chi connectivity index (χ0v) is 10.9. The first-order valence-electron chi connectivity index (χ1n) is 6.43. The smallest absolute Gasteiger partial charge is 0.0981 e. The summed E-state index contributed by atoms with van der Waals surface area (Å²) in [5.74, 6) is 3.69. The first-order valence-corrected chi connectivity index (χ1v) is 6.43. The van der Waals surface area contributed by atoms with Gasteiger partial charge < -0.3 is 10.1 Å². The van der Waals surface area contributed by atoms with Crippen LogP contribution >= 0.6 is 0 Å². The van der Waals surface area contributed by atoms with Gasteiger partial charge in [-0.15, -0.1) is 6.42 Å². The van der Waals surface area contributed by atoms with E-state index in [4.69, 9.17) is 11.2 Å². The molecular formula is C14H25NO. The molecule has 0 aromatic rings. The van der Waals surface area contributed by atoms with Crippen LogP contribution in [0, 0.1) is 18.3 Å². The summed E-state index contributed by atoms with van der Waals surface area (Å²) in [6.07, 6.45) is 11.4. The average Bonchev–Trinajstić information content (AvgIpc) is 2.32. The monoisotopic (exact) mass is 223 g/mol. The minimum atomic E-state index is -0.129. The third-order valence-corrected chi connectivity index (χ3v) is 3.82. The molecule has 16 heavy (non-hydrogen) atoms. The number of rotatable bonds is 5. The van der Waals surface area contributed by atoms with Gasteiger partial charge in [-0.05, 0) is 44.6 Å². The van der Waals surface area contributed by atoms with Crippen molar-refractivity contribution in [3.63, 3.8) is 0 Å². The Morgan fingerprint density at radius 1 is 1.50 bits per heavy atom. The average molecular weight is 223 g/mol. The van der Waals surface area contributed by atoms with Crippen molar-refractivity contribution in [3.8, 4) is 12.3 Å². The molecule has 0 radical (unpaired) electrons. The van der Waals surface area contributed by atoms with E-state index >= 15 is 0 Å². The van der Waals surface area contributed by atoms with E-state index in [1.165, 1.54) is 12.8 Å². The predicted octanol–water partition coefficient (Wildman–Crippen LogP) is 2.58. The molecule has 92 valence electrons. The van der Waals surface area contributed by atoms with Gasteiger partial charge in [-0.2, -0.15) is 0 Å². The van der Waals surface area contributed by atoms with Crippen molar-refractivity contribution in [2.45, 2.75) is 57.6 Å². The third kappa shape index (κ3) is 2.99. The summed E-state index contributed by atoms with van der Waals surface area (Å²) in [5, 5.41) is 3.43. The maximum absolute atomic E-state index is 5.77. The fraction of sp³-hybridized carbons (Fsp3) is 0.857. The Bertz CT molecular complexity index is 236. The third-order valence-electron chi connectivity index (χ3n) is 3.82. The quantitative estimate of drug-likeness (QED) is 0.723. The highest BCUT2D eigenvalue weighted by Gasteiger charge is 2.40. The van der Waals surface area contributed by atoms with Gasteiger partial charge in [-0.25, -0.2) is 0 Å². The molecule has 0 saturated heterocycles. The fourth-order valence-electron chi connectivity index (χ4n) is 2.55. The molecule has 2 nitrogen and oxygen atoms in total. The molecule has 0 aromatic heterocycles. The first kappa shape index (κ1) is 13.5. The lowest BCUT2D eigenvalue weighted by Crippen LogP contribution is -2.53. The molecule has 0 heterocycles. The molecular weight excluding hydrogens is 198 g/mol. The summed E-state index contributed by atoms with van der Waals surface area (Å²) in [7, 11) is 1.80. The number of hydrogen-bond donors (Lipinski definition) is 1. The lowest BCUT2D eigenvalue weighted by Gasteiger charge is -2.42. The van der Waals surface area contributed by atoms with Crippen molar-refractivity contribution < 1.29 is 4.74 Å². The molecule has 0 aromatic carbocycles. The van der Waals surface area contributed by atoms with Crippen molar-refractivity contribution in [3.05, 3.63) is 0 Å². The second kappa shape index (κ2) is 6.27. The van der Waals surface area contributed by atoms with Crippen molar-refractivity contribution in [1.82, 2.24) is 5.32 Å². The van der Waals surface area contributed by atoms with Crippen LogP contribution in [-0.4, -0.2) is 25.3 Å². The molecule has 1 rings (SSSR count). The Morgan fingerprint density at radius 2 is 2.12 bits per heavy atom. The van der Waals surface area contributed by atoms with E-state index < -0.39 is 0 Å². The van der Waals surface area contributed by atoms with Crippen LogP contribution in [0.5, 0.6) is 0 Å². The van der Waals surface area contributed by atoms with Crippen molar-refractivity contribution in [2.24, 2.45) is 5.92 Å². The summed E-state index contributed by atoms with van der Waals surface area (Å²) < 4.78 is 5.77. The lowest BCUT2D eigenvalue weighted by atomic mass is 9.75. The maximum atomic E-state index is 5.77. The van der Waals surface area contributed by atoms with Crippen LogP contribution in [0.15, 0.2) is 0 Å². The van der Waals surface area contributed by atoms with E-state index in [2.05, 4.69) is 25.1 Å². The summed E-state index contributed by atoms with van der Waals surface area (Å²) in [5.41, 5.74) is -0.129. The molecule has 1 N–H and O–H groups in total. The number of ether oxygens (including phenoxy) is 1. The second-order valence-corrected chi connectivity index (χ2v) is 5.01. The number of hydrogen-bond acceptors (Lipinski definition) is 2. The highest BCUT2D eigenvalue weighted by molar-refractivity contribution is 5.11. The highest BCUT2D eigenvalue weighted by atomic mass is 16.5. The van der Waals surface area contributed by atoms with Gasteiger partial charge in [0.1, 0.15) is 0 Å². The van der Waals surface area contributed by atoms with Crippen molar-refractivity contribution in [1.29, 1.82) is 0 Å². The summed E-state index contributed by atoms with van der Waals surface area (Å²) in [6.45, 7) is 5.43. The molecule has 1 unspecified atom stereocenters. The van der Waals surface area contributed by atoms with Gasteiger partial charge in [0.25, 0.3) is 0 Å². The van der Waals surface area contributed by atoms with Crippen LogP contribution in [0.4, 0.5) is 0 Å². The van der Waals surface area contributed by atoms with Crippen LogP contribution in [0.3, 0.4) is 0 Å². The normalized spacial score (nSPS) is 32.0. The van der Waals surface area contributed by atoms with Crippen molar-refractivity contribution >= 4 is 0 Å². The van der Waals surface area contributed by atoms with Crippen LogP contribution in [0.25, 0.3) is 0 Å². The van der Waals surface area contributed by atoms with E-state index in [-0.39, 0.29) is 11.6 Å². The van der Waals surface area contributed by atoms with Crippen LogP contribution in [0.1, 0.15) is 46.0 Å². The number of nitrogens with one attached hydrogen (secondary N) is 1. The van der Waals surface area contributed by atoms with Gasteiger partial charge in [-0.1, -0.05) is 19.8 Å². The summed E-state index contributed by atoms with van der Waals surface area (Å²) in [6, 6.07) is 0.0601. The number of methoxy groups -OCH3 is 1. The maximum Gasteiger partial charge on any atom is 0.0981 e. The zero-order chi connectivity index (χ0) is 12.0. The van der Waals surface area contributed by atoms with Gasteiger partial charge in [0.2, 0.25) is 0 Å². The lowest BCUT2D eigenvalue weighted by molar-refractivity contribution is -0.0614. The van der Waals surface area contributed by atoms with Gasteiger partial charge in [0, 0.05) is 7.11 Å². The van der Waals surface area contributed by atoms with E-state index in [9.17, 15) is 0 Å². The molecule has 2 heteroatoms. The highest BCUT2D eigenvalue weighted by Crippen LogP contribution is 2.36. The molecule has 1 aliphatic rings. The minimum absolute atomic E-state index is 0.0601. The molecule has 1 fully saturated rings. The number of terminal acetylenes is 1. The Morgan fingerprint density at radius 3 is 2.56 bits per heavy atom. The summed E-state index contributed by atoms with van der Waals surface area (Å²) >= 11 is 0. The topological polar surface area (TPSA) is 21.3 Å². The van der Waals surface area contributed by atoms with Crippen LogP contribution in [0.2, 0.25) is 0 Å². The molecule has 0 aliphatic heterocycles. The fourth-order valence-corrected chi connectivity index (χ4v) is 2.55. The Hall–Kier alpha value is -0.520. The van der Waals surface area contributed by atoms with Gasteiger partial charge >= 0.3 is 0 Å². The molecule has 1 saturated carbocycles. The SMILES string of the molecule is C#CC(NCCC)C1(OC)CCC(C)CC1. The molecule has 0 bridgehead atoms. The Kier molecular flexibility index (Phi) is 5.31.